The van der Waals surface area contributed by atoms with Gasteiger partial charge in [-0.3, -0.25) is 4.79 Å². The molecule has 2 heterocycles. The highest BCUT2D eigenvalue weighted by molar-refractivity contribution is 5.76. The van der Waals surface area contributed by atoms with Crippen LogP contribution in [0.15, 0.2) is 0 Å². The van der Waals surface area contributed by atoms with Crippen LogP contribution in [0.5, 0.6) is 0 Å². The van der Waals surface area contributed by atoms with Crippen molar-refractivity contribution in [1.29, 1.82) is 0 Å². The molecule has 0 unspecified atom stereocenters. The summed E-state index contributed by atoms with van der Waals surface area (Å²) in [5.74, 6) is 0.0192. The van der Waals surface area contributed by atoms with Crippen molar-refractivity contribution >= 4 is 5.91 Å². The van der Waals surface area contributed by atoms with Gasteiger partial charge in [0.05, 0.1) is 24.7 Å². The van der Waals surface area contributed by atoms with Gasteiger partial charge < -0.3 is 25.2 Å². The van der Waals surface area contributed by atoms with E-state index in [1.165, 1.54) is 25.7 Å². The van der Waals surface area contributed by atoms with E-state index in [0.29, 0.717) is 32.0 Å². The van der Waals surface area contributed by atoms with Crippen molar-refractivity contribution in [1.82, 2.24) is 10.6 Å². The SMILES string of the molecule is CCCNC(=O)C[C@@H]1C[C@H]2O[C@H](CNC3CCCC3)[C@@H](O)[C@H]2O1. The Morgan fingerprint density at radius 2 is 2.04 bits per heavy atom. The van der Waals surface area contributed by atoms with Gasteiger partial charge in [0.2, 0.25) is 5.91 Å². The third-order valence-corrected chi connectivity index (χ3v) is 5.23. The van der Waals surface area contributed by atoms with E-state index in [9.17, 15) is 9.90 Å². The van der Waals surface area contributed by atoms with Crippen molar-refractivity contribution in [2.75, 3.05) is 13.1 Å². The Morgan fingerprint density at radius 1 is 1.26 bits per heavy atom. The van der Waals surface area contributed by atoms with Crippen LogP contribution < -0.4 is 10.6 Å². The first-order valence-corrected chi connectivity index (χ1v) is 9.16. The van der Waals surface area contributed by atoms with E-state index in [4.69, 9.17) is 9.47 Å². The van der Waals surface area contributed by atoms with Gasteiger partial charge in [-0.1, -0.05) is 19.8 Å². The van der Waals surface area contributed by atoms with Crippen LogP contribution in [0.3, 0.4) is 0 Å². The lowest BCUT2D eigenvalue weighted by atomic mass is 10.1. The lowest BCUT2D eigenvalue weighted by Gasteiger charge is -2.21. The zero-order chi connectivity index (χ0) is 16.2. The summed E-state index contributed by atoms with van der Waals surface area (Å²) in [4.78, 5) is 11.8. The maximum atomic E-state index is 11.8. The summed E-state index contributed by atoms with van der Waals surface area (Å²) in [6, 6.07) is 0.571. The average molecular weight is 326 g/mol. The Bertz CT molecular complexity index is 400. The average Bonchev–Trinajstić information content (AvgIpc) is 3.22. The molecule has 6 nitrogen and oxygen atoms in total. The number of carbonyl (C=O) groups is 1. The number of hydrogen-bond acceptors (Lipinski definition) is 5. The molecule has 0 aromatic heterocycles. The molecule has 3 fully saturated rings. The molecule has 2 saturated heterocycles. The Labute approximate surface area is 138 Å². The molecule has 0 bridgehead atoms. The summed E-state index contributed by atoms with van der Waals surface area (Å²) in [7, 11) is 0. The van der Waals surface area contributed by atoms with Crippen molar-refractivity contribution in [3.8, 4) is 0 Å². The number of amides is 1. The quantitative estimate of drug-likeness (QED) is 0.642. The van der Waals surface area contributed by atoms with Gasteiger partial charge in [-0.25, -0.2) is 0 Å². The minimum absolute atomic E-state index is 0.0192. The predicted octanol–water partition coefficient (Wildman–Crippen LogP) is 0.721. The van der Waals surface area contributed by atoms with Crippen LogP contribution in [0.2, 0.25) is 0 Å². The standard InChI is InChI=1S/C17H30N2O4/c1-2-7-18-15(20)9-12-8-13-17(22-12)16(21)14(23-13)10-19-11-5-3-4-6-11/h11-14,16-17,19,21H,2-10H2,1H3,(H,18,20)/t12-,13+,14+,16+,17-/m0/s1. The molecule has 0 spiro atoms. The number of fused-ring (bicyclic) bond motifs is 1. The summed E-state index contributed by atoms with van der Waals surface area (Å²) >= 11 is 0. The van der Waals surface area contributed by atoms with E-state index in [2.05, 4.69) is 10.6 Å². The second-order valence-corrected chi connectivity index (χ2v) is 7.11. The second-order valence-electron chi connectivity index (χ2n) is 7.11. The number of carbonyl (C=O) groups excluding carboxylic acids is 1. The first-order chi connectivity index (χ1) is 11.2. The molecule has 5 atom stereocenters. The zero-order valence-electron chi connectivity index (χ0n) is 14.0. The van der Waals surface area contributed by atoms with E-state index in [0.717, 1.165) is 6.42 Å². The Morgan fingerprint density at radius 3 is 2.74 bits per heavy atom. The van der Waals surface area contributed by atoms with Crippen LogP contribution in [0, 0.1) is 0 Å². The summed E-state index contributed by atoms with van der Waals surface area (Å²) in [6.07, 6.45) is 5.72. The smallest absolute Gasteiger partial charge is 0.222 e. The van der Waals surface area contributed by atoms with Crippen LogP contribution in [-0.4, -0.2) is 60.7 Å². The highest BCUT2D eigenvalue weighted by Crippen LogP contribution is 2.35. The lowest BCUT2D eigenvalue weighted by Crippen LogP contribution is -2.41. The molecule has 1 amide bonds. The molecule has 0 radical (unpaired) electrons. The molecule has 1 aliphatic carbocycles. The number of ether oxygens (including phenoxy) is 2. The van der Waals surface area contributed by atoms with Crippen molar-refractivity contribution in [3.63, 3.8) is 0 Å². The van der Waals surface area contributed by atoms with Gasteiger partial charge in [0.15, 0.2) is 0 Å². The van der Waals surface area contributed by atoms with Gasteiger partial charge in [-0.15, -0.1) is 0 Å². The Kier molecular flexibility index (Phi) is 5.91. The number of rotatable bonds is 7. The van der Waals surface area contributed by atoms with Crippen molar-refractivity contribution in [2.24, 2.45) is 0 Å². The van der Waals surface area contributed by atoms with Crippen LogP contribution in [-0.2, 0) is 14.3 Å². The van der Waals surface area contributed by atoms with Gasteiger partial charge in [0.1, 0.15) is 12.2 Å². The fraction of sp³-hybridized carbons (Fsp3) is 0.941. The van der Waals surface area contributed by atoms with E-state index in [1.54, 1.807) is 0 Å². The normalized spacial score (nSPS) is 37.2. The van der Waals surface area contributed by atoms with Crippen LogP contribution >= 0.6 is 0 Å². The predicted molar refractivity (Wildman–Crippen MR) is 86.1 cm³/mol. The first-order valence-electron chi connectivity index (χ1n) is 9.16. The molecular weight excluding hydrogens is 296 g/mol. The maximum Gasteiger partial charge on any atom is 0.222 e. The molecule has 6 heteroatoms. The molecule has 3 aliphatic rings. The van der Waals surface area contributed by atoms with E-state index >= 15 is 0 Å². The summed E-state index contributed by atoms with van der Waals surface area (Å²) < 4.78 is 11.9. The van der Waals surface area contributed by atoms with Crippen molar-refractivity contribution < 1.29 is 19.4 Å². The van der Waals surface area contributed by atoms with E-state index in [1.807, 2.05) is 6.92 Å². The molecule has 3 rings (SSSR count). The van der Waals surface area contributed by atoms with Gasteiger partial charge in [0.25, 0.3) is 0 Å². The monoisotopic (exact) mass is 326 g/mol. The number of hydrogen-bond donors (Lipinski definition) is 3. The summed E-state index contributed by atoms with van der Waals surface area (Å²) in [5.41, 5.74) is 0. The summed E-state index contributed by atoms with van der Waals surface area (Å²) in [6.45, 7) is 3.41. The van der Waals surface area contributed by atoms with Crippen LogP contribution in [0.1, 0.15) is 51.9 Å². The number of aliphatic hydroxyl groups excluding tert-OH is 1. The third kappa shape index (κ3) is 4.24. The fourth-order valence-electron chi connectivity index (χ4n) is 3.97. The van der Waals surface area contributed by atoms with Gasteiger partial charge in [-0.05, 0) is 19.3 Å². The minimum Gasteiger partial charge on any atom is -0.388 e. The van der Waals surface area contributed by atoms with E-state index in [-0.39, 0.29) is 30.3 Å². The lowest BCUT2D eigenvalue weighted by molar-refractivity contribution is -0.124. The molecular formula is C17H30N2O4. The first kappa shape index (κ1) is 17.1. The van der Waals surface area contributed by atoms with Crippen LogP contribution in [0.4, 0.5) is 0 Å². The van der Waals surface area contributed by atoms with Crippen molar-refractivity contribution in [3.05, 3.63) is 0 Å². The third-order valence-electron chi connectivity index (χ3n) is 5.23. The highest BCUT2D eigenvalue weighted by atomic mass is 16.6. The maximum absolute atomic E-state index is 11.8. The topological polar surface area (TPSA) is 79.8 Å². The fourth-order valence-corrected chi connectivity index (χ4v) is 3.97. The molecule has 1 saturated carbocycles. The number of aliphatic hydroxyl groups is 1. The van der Waals surface area contributed by atoms with E-state index < -0.39 is 6.10 Å². The molecule has 0 aromatic carbocycles. The van der Waals surface area contributed by atoms with Gasteiger partial charge >= 0.3 is 0 Å². The highest BCUT2D eigenvalue weighted by Gasteiger charge is 2.50. The second kappa shape index (κ2) is 7.92. The Balaban J connectivity index is 1.41. The number of nitrogens with one attached hydrogen (secondary N) is 2. The molecule has 0 aromatic rings. The minimum atomic E-state index is -0.599. The molecule has 2 aliphatic heterocycles. The van der Waals surface area contributed by atoms with Gasteiger partial charge in [-0.2, -0.15) is 0 Å². The molecule has 23 heavy (non-hydrogen) atoms. The summed E-state index contributed by atoms with van der Waals surface area (Å²) in [5, 5.41) is 16.8. The van der Waals surface area contributed by atoms with Crippen LogP contribution in [0.25, 0.3) is 0 Å². The van der Waals surface area contributed by atoms with Gasteiger partial charge in [0, 0.05) is 25.6 Å². The Hall–Kier alpha value is -0.690. The largest absolute Gasteiger partial charge is 0.388 e. The zero-order valence-corrected chi connectivity index (χ0v) is 14.0. The van der Waals surface area contributed by atoms with Crippen molar-refractivity contribution in [2.45, 2.75) is 88.4 Å². The molecule has 3 N–H and O–H groups in total. The molecule has 132 valence electrons.